The number of carbonyl (C=O) groups is 4. The second-order valence-electron chi connectivity index (χ2n) is 4.92. The van der Waals surface area contributed by atoms with Crippen molar-refractivity contribution in [1.29, 1.82) is 0 Å². The van der Waals surface area contributed by atoms with Crippen LogP contribution in [0.25, 0.3) is 0 Å². The van der Waals surface area contributed by atoms with Crippen molar-refractivity contribution < 1.29 is 28.7 Å². The first-order valence-corrected chi connectivity index (χ1v) is 7.28. The van der Waals surface area contributed by atoms with Crippen LogP contribution < -0.4 is 10.6 Å². The topological polar surface area (TPSA) is 111 Å². The lowest BCUT2D eigenvalue weighted by molar-refractivity contribution is -0.143. The van der Waals surface area contributed by atoms with Gasteiger partial charge in [0.05, 0.1) is 7.11 Å². The Morgan fingerprint density at radius 3 is 2.38 bits per heavy atom. The van der Waals surface area contributed by atoms with Crippen LogP contribution in [0.15, 0.2) is 30.3 Å². The van der Waals surface area contributed by atoms with E-state index in [1.165, 1.54) is 14.0 Å². The van der Waals surface area contributed by atoms with Gasteiger partial charge in [-0.15, -0.1) is 0 Å². The van der Waals surface area contributed by atoms with Gasteiger partial charge in [-0.3, -0.25) is 14.9 Å². The maximum Gasteiger partial charge on any atom is 0.408 e. The van der Waals surface area contributed by atoms with Crippen LogP contribution in [0, 0.1) is 0 Å². The molecule has 0 saturated carbocycles. The first kappa shape index (κ1) is 19.1. The first-order valence-electron chi connectivity index (χ1n) is 7.28. The van der Waals surface area contributed by atoms with Crippen molar-refractivity contribution in [3.63, 3.8) is 0 Å². The second-order valence-corrected chi connectivity index (χ2v) is 4.92. The average molecular weight is 336 g/mol. The van der Waals surface area contributed by atoms with Crippen molar-refractivity contribution >= 4 is 23.9 Å². The van der Waals surface area contributed by atoms with Crippen molar-refractivity contribution in [3.8, 4) is 0 Å². The molecule has 1 rings (SSSR count). The predicted molar refractivity (Wildman–Crippen MR) is 83.6 cm³/mol. The molecule has 0 aliphatic heterocycles. The standard InChI is InChI=1S/C16H20N2O6/c1-11(19)17-14(20)9-8-13(15(21)23-2)18-16(22)24-10-12-6-4-3-5-7-12/h3-7,13H,8-10H2,1-2H3,(H,18,22)(H,17,19,20)/t13-/m0/s1. The molecule has 0 fully saturated rings. The highest BCUT2D eigenvalue weighted by Gasteiger charge is 2.23. The van der Waals surface area contributed by atoms with Gasteiger partial charge in [0.25, 0.3) is 0 Å². The maximum atomic E-state index is 11.8. The molecule has 0 bridgehead atoms. The zero-order chi connectivity index (χ0) is 17.9. The molecule has 1 aromatic carbocycles. The minimum Gasteiger partial charge on any atom is -0.467 e. The summed E-state index contributed by atoms with van der Waals surface area (Å²) in [5.74, 6) is -1.75. The number of esters is 1. The Morgan fingerprint density at radius 2 is 1.79 bits per heavy atom. The number of imide groups is 1. The van der Waals surface area contributed by atoms with E-state index in [0.717, 1.165) is 5.56 Å². The number of rotatable bonds is 7. The van der Waals surface area contributed by atoms with Crippen LogP contribution in [0.1, 0.15) is 25.3 Å². The summed E-state index contributed by atoms with van der Waals surface area (Å²) >= 11 is 0. The quantitative estimate of drug-likeness (QED) is 0.716. The van der Waals surface area contributed by atoms with Gasteiger partial charge in [-0.1, -0.05) is 30.3 Å². The fourth-order valence-electron chi connectivity index (χ4n) is 1.83. The van der Waals surface area contributed by atoms with Crippen LogP contribution >= 0.6 is 0 Å². The van der Waals surface area contributed by atoms with Crippen LogP contribution in [0.3, 0.4) is 0 Å². The fraction of sp³-hybridized carbons (Fsp3) is 0.375. The van der Waals surface area contributed by atoms with Crippen LogP contribution in [0.5, 0.6) is 0 Å². The summed E-state index contributed by atoms with van der Waals surface area (Å²) in [5.41, 5.74) is 0.795. The Bertz CT molecular complexity index is 587. The normalized spacial score (nSPS) is 11.1. The van der Waals surface area contributed by atoms with E-state index in [-0.39, 0.29) is 19.4 Å². The number of hydrogen-bond donors (Lipinski definition) is 2. The molecule has 0 radical (unpaired) electrons. The molecule has 3 amide bonds. The number of ether oxygens (including phenoxy) is 2. The summed E-state index contributed by atoms with van der Waals surface area (Å²) in [6, 6.07) is 7.98. The molecule has 2 N–H and O–H groups in total. The monoisotopic (exact) mass is 336 g/mol. The van der Waals surface area contributed by atoms with Gasteiger partial charge < -0.3 is 14.8 Å². The summed E-state index contributed by atoms with van der Waals surface area (Å²) < 4.78 is 9.59. The molecule has 0 aliphatic carbocycles. The minimum absolute atomic E-state index is 0.0216. The van der Waals surface area contributed by atoms with Gasteiger partial charge in [0, 0.05) is 13.3 Å². The Hall–Kier alpha value is -2.90. The molecule has 0 spiro atoms. The van der Waals surface area contributed by atoms with E-state index in [1.54, 1.807) is 12.1 Å². The molecule has 0 aliphatic rings. The zero-order valence-corrected chi connectivity index (χ0v) is 13.5. The summed E-state index contributed by atoms with van der Waals surface area (Å²) in [5, 5.41) is 4.43. The third-order valence-corrected chi connectivity index (χ3v) is 2.97. The Kier molecular flexibility index (Phi) is 7.97. The van der Waals surface area contributed by atoms with E-state index < -0.39 is 29.9 Å². The van der Waals surface area contributed by atoms with E-state index in [0.29, 0.717) is 0 Å². The Labute approximate surface area is 139 Å². The molecule has 0 aromatic heterocycles. The number of methoxy groups -OCH3 is 1. The molecular weight excluding hydrogens is 316 g/mol. The zero-order valence-electron chi connectivity index (χ0n) is 13.5. The van der Waals surface area contributed by atoms with Gasteiger partial charge in [0.2, 0.25) is 11.8 Å². The molecular formula is C16H20N2O6. The average Bonchev–Trinajstić information content (AvgIpc) is 2.56. The molecule has 8 heteroatoms. The third-order valence-electron chi connectivity index (χ3n) is 2.97. The molecule has 1 atom stereocenters. The summed E-state index contributed by atoms with van der Waals surface area (Å²) in [4.78, 5) is 45.6. The molecule has 1 aromatic rings. The van der Waals surface area contributed by atoms with Gasteiger partial charge >= 0.3 is 12.1 Å². The second kappa shape index (κ2) is 9.98. The van der Waals surface area contributed by atoms with Crippen LogP contribution in [0.2, 0.25) is 0 Å². The lowest BCUT2D eigenvalue weighted by Crippen LogP contribution is -2.42. The molecule has 130 valence electrons. The van der Waals surface area contributed by atoms with Gasteiger partial charge in [-0.05, 0) is 12.0 Å². The van der Waals surface area contributed by atoms with E-state index >= 15 is 0 Å². The molecule has 0 saturated heterocycles. The Morgan fingerprint density at radius 1 is 1.12 bits per heavy atom. The van der Waals surface area contributed by atoms with Gasteiger partial charge in [-0.25, -0.2) is 9.59 Å². The van der Waals surface area contributed by atoms with Crippen molar-refractivity contribution in [2.24, 2.45) is 0 Å². The smallest absolute Gasteiger partial charge is 0.408 e. The highest BCUT2D eigenvalue weighted by molar-refractivity contribution is 5.94. The largest absolute Gasteiger partial charge is 0.467 e. The predicted octanol–water partition coefficient (Wildman–Crippen LogP) is 0.897. The lowest BCUT2D eigenvalue weighted by Gasteiger charge is -2.16. The van der Waals surface area contributed by atoms with Crippen LogP contribution in [-0.4, -0.2) is 37.0 Å². The van der Waals surface area contributed by atoms with E-state index in [1.807, 2.05) is 18.2 Å². The number of carbonyl (C=O) groups excluding carboxylic acids is 4. The van der Waals surface area contributed by atoms with Gasteiger partial charge in [0.1, 0.15) is 12.6 Å². The van der Waals surface area contributed by atoms with Gasteiger partial charge in [-0.2, -0.15) is 0 Å². The number of nitrogens with one attached hydrogen (secondary N) is 2. The molecule has 0 unspecified atom stereocenters. The van der Waals surface area contributed by atoms with Crippen molar-refractivity contribution in [3.05, 3.63) is 35.9 Å². The number of benzene rings is 1. The van der Waals surface area contributed by atoms with Crippen molar-refractivity contribution in [2.45, 2.75) is 32.4 Å². The van der Waals surface area contributed by atoms with E-state index in [9.17, 15) is 19.2 Å². The Balaban J connectivity index is 2.49. The van der Waals surface area contributed by atoms with Crippen molar-refractivity contribution in [1.82, 2.24) is 10.6 Å². The van der Waals surface area contributed by atoms with E-state index in [2.05, 4.69) is 15.4 Å². The fourth-order valence-corrected chi connectivity index (χ4v) is 1.83. The summed E-state index contributed by atoms with van der Waals surface area (Å²) in [7, 11) is 1.17. The summed E-state index contributed by atoms with van der Waals surface area (Å²) in [6.45, 7) is 1.25. The lowest BCUT2D eigenvalue weighted by atomic mass is 10.1. The third kappa shape index (κ3) is 7.39. The number of hydrogen-bond acceptors (Lipinski definition) is 6. The van der Waals surface area contributed by atoms with Crippen LogP contribution in [-0.2, 0) is 30.5 Å². The highest BCUT2D eigenvalue weighted by atomic mass is 16.6. The first-order chi connectivity index (χ1) is 11.4. The summed E-state index contributed by atoms with van der Waals surface area (Å²) in [6.07, 6.45) is -0.953. The van der Waals surface area contributed by atoms with E-state index in [4.69, 9.17) is 4.74 Å². The SMILES string of the molecule is COC(=O)[C@H](CCC(=O)NC(C)=O)NC(=O)OCc1ccccc1. The molecule has 8 nitrogen and oxygen atoms in total. The molecule has 24 heavy (non-hydrogen) atoms. The van der Waals surface area contributed by atoms with Crippen LogP contribution in [0.4, 0.5) is 4.79 Å². The van der Waals surface area contributed by atoms with Crippen molar-refractivity contribution in [2.75, 3.05) is 7.11 Å². The highest BCUT2D eigenvalue weighted by Crippen LogP contribution is 2.03. The molecule has 0 heterocycles. The van der Waals surface area contributed by atoms with Gasteiger partial charge in [0.15, 0.2) is 0 Å². The minimum atomic E-state index is -1.05. The number of alkyl carbamates (subject to hydrolysis) is 1. The maximum absolute atomic E-state index is 11.8. The number of amides is 3.